The van der Waals surface area contributed by atoms with Crippen LogP contribution in [0.1, 0.15) is 19.4 Å². The lowest BCUT2D eigenvalue weighted by Crippen LogP contribution is -2.51. The van der Waals surface area contributed by atoms with Gasteiger partial charge >= 0.3 is 0 Å². The number of piperazine rings is 1. The fourth-order valence-electron chi connectivity index (χ4n) is 2.71. The van der Waals surface area contributed by atoms with Crippen molar-refractivity contribution in [3.05, 3.63) is 29.8 Å². The van der Waals surface area contributed by atoms with Gasteiger partial charge in [0.25, 0.3) is 0 Å². The Balaban J connectivity index is 1.88. The molecule has 1 amide bonds. The Bertz CT molecular complexity index is 496. The van der Waals surface area contributed by atoms with Crippen molar-refractivity contribution in [2.75, 3.05) is 33.3 Å². The lowest BCUT2D eigenvalue weighted by atomic mass is 10.0. The van der Waals surface area contributed by atoms with E-state index in [0.29, 0.717) is 0 Å². The molecule has 1 heterocycles. The normalized spacial score (nSPS) is 18.8. The first-order chi connectivity index (χ1) is 10.5. The number of methoxy groups -OCH3 is 1. The zero-order chi connectivity index (χ0) is 16.1. The van der Waals surface area contributed by atoms with Gasteiger partial charge in [-0.25, -0.2) is 0 Å². The summed E-state index contributed by atoms with van der Waals surface area (Å²) in [5.41, 5.74) is 7.02. The summed E-state index contributed by atoms with van der Waals surface area (Å²) >= 11 is 0. The molecule has 22 heavy (non-hydrogen) atoms. The van der Waals surface area contributed by atoms with Crippen LogP contribution in [0, 0.1) is 5.92 Å². The van der Waals surface area contributed by atoms with Crippen LogP contribution in [0.25, 0.3) is 0 Å². The van der Waals surface area contributed by atoms with Gasteiger partial charge in [0.15, 0.2) is 0 Å². The maximum Gasteiger partial charge on any atom is 0.227 e. The average Bonchev–Trinajstić information content (AvgIpc) is 2.54. The summed E-state index contributed by atoms with van der Waals surface area (Å²) in [6, 6.07) is 7.99. The Morgan fingerprint density at radius 2 is 1.86 bits per heavy atom. The summed E-state index contributed by atoms with van der Waals surface area (Å²) in [6.07, 6.45) is 0. The van der Waals surface area contributed by atoms with E-state index in [-0.39, 0.29) is 17.9 Å². The minimum atomic E-state index is -0.110. The Labute approximate surface area is 133 Å². The largest absolute Gasteiger partial charge is 0.496 e. The molecular formula is C17H27N3O2. The first-order valence-corrected chi connectivity index (χ1v) is 7.91. The molecule has 0 saturated carbocycles. The van der Waals surface area contributed by atoms with Crippen LogP contribution < -0.4 is 10.5 Å². The van der Waals surface area contributed by atoms with Gasteiger partial charge in [0.1, 0.15) is 5.75 Å². The van der Waals surface area contributed by atoms with Gasteiger partial charge < -0.3 is 15.4 Å². The predicted octanol–water partition coefficient (Wildman–Crippen LogP) is 1.32. The number of nitrogens with zero attached hydrogens (tertiary/aromatic N) is 2. The van der Waals surface area contributed by atoms with E-state index < -0.39 is 0 Å². The summed E-state index contributed by atoms with van der Waals surface area (Å²) in [7, 11) is 1.70. The number of hydrogen-bond donors (Lipinski definition) is 1. The maximum absolute atomic E-state index is 12.3. The first kappa shape index (κ1) is 16.8. The van der Waals surface area contributed by atoms with Gasteiger partial charge in [-0.15, -0.1) is 0 Å². The van der Waals surface area contributed by atoms with Gasteiger partial charge in [0.05, 0.1) is 13.0 Å². The highest BCUT2D eigenvalue weighted by molar-refractivity contribution is 5.79. The summed E-state index contributed by atoms with van der Waals surface area (Å²) < 4.78 is 5.40. The Morgan fingerprint density at radius 3 is 2.45 bits per heavy atom. The molecule has 2 rings (SSSR count). The highest BCUT2D eigenvalue weighted by Gasteiger charge is 2.26. The fourth-order valence-corrected chi connectivity index (χ4v) is 2.71. The van der Waals surface area contributed by atoms with Crippen molar-refractivity contribution < 1.29 is 9.53 Å². The molecule has 0 spiro atoms. The number of ether oxygens (including phenoxy) is 1. The van der Waals surface area contributed by atoms with Crippen LogP contribution in [0.4, 0.5) is 0 Å². The van der Waals surface area contributed by atoms with Crippen molar-refractivity contribution in [3.63, 3.8) is 0 Å². The third kappa shape index (κ3) is 3.99. The molecule has 122 valence electrons. The van der Waals surface area contributed by atoms with Crippen LogP contribution in [-0.4, -0.2) is 55.0 Å². The molecule has 1 aliphatic rings. The number of amides is 1. The number of carbonyl (C=O) groups is 1. The monoisotopic (exact) mass is 305 g/mol. The van der Waals surface area contributed by atoms with Gasteiger partial charge in [0, 0.05) is 44.3 Å². The third-order valence-electron chi connectivity index (χ3n) is 4.45. The van der Waals surface area contributed by atoms with E-state index in [9.17, 15) is 4.79 Å². The first-order valence-electron chi connectivity index (χ1n) is 7.91. The van der Waals surface area contributed by atoms with E-state index in [4.69, 9.17) is 10.5 Å². The SMILES string of the molecule is COc1ccccc1CN1CCN(C(=O)C(C)C(C)N)CC1. The van der Waals surface area contributed by atoms with E-state index in [1.54, 1.807) is 7.11 Å². The van der Waals surface area contributed by atoms with Crippen molar-refractivity contribution in [1.82, 2.24) is 9.80 Å². The smallest absolute Gasteiger partial charge is 0.227 e. The molecule has 1 saturated heterocycles. The molecule has 0 bridgehead atoms. The van der Waals surface area contributed by atoms with E-state index >= 15 is 0 Å². The second-order valence-electron chi connectivity index (χ2n) is 6.06. The topological polar surface area (TPSA) is 58.8 Å². The fraction of sp³-hybridized carbons (Fsp3) is 0.588. The lowest BCUT2D eigenvalue weighted by molar-refractivity contribution is -0.137. The molecule has 2 atom stereocenters. The molecule has 5 nitrogen and oxygen atoms in total. The van der Waals surface area contributed by atoms with Crippen molar-refractivity contribution in [3.8, 4) is 5.75 Å². The second-order valence-corrected chi connectivity index (χ2v) is 6.06. The van der Waals surface area contributed by atoms with Crippen molar-refractivity contribution in [2.24, 2.45) is 11.7 Å². The molecule has 0 aliphatic carbocycles. The molecule has 1 aromatic carbocycles. The van der Waals surface area contributed by atoms with Crippen LogP contribution in [0.3, 0.4) is 0 Å². The average molecular weight is 305 g/mol. The molecule has 2 unspecified atom stereocenters. The van der Waals surface area contributed by atoms with Crippen LogP contribution in [-0.2, 0) is 11.3 Å². The molecule has 1 aliphatic heterocycles. The third-order valence-corrected chi connectivity index (χ3v) is 4.45. The zero-order valence-corrected chi connectivity index (χ0v) is 13.8. The molecule has 1 aromatic rings. The predicted molar refractivity (Wildman–Crippen MR) is 87.7 cm³/mol. The number of benzene rings is 1. The summed E-state index contributed by atoms with van der Waals surface area (Å²) in [5.74, 6) is 0.985. The van der Waals surface area contributed by atoms with E-state index in [0.717, 1.165) is 38.5 Å². The summed E-state index contributed by atoms with van der Waals surface area (Å²) in [4.78, 5) is 16.6. The Hall–Kier alpha value is -1.59. The van der Waals surface area contributed by atoms with Gasteiger partial charge in [-0.2, -0.15) is 0 Å². The number of hydrogen-bond acceptors (Lipinski definition) is 4. The molecule has 0 aromatic heterocycles. The molecule has 2 N–H and O–H groups in total. The molecular weight excluding hydrogens is 278 g/mol. The van der Waals surface area contributed by atoms with Gasteiger partial charge in [-0.3, -0.25) is 9.69 Å². The van der Waals surface area contributed by atoms with Crippen LogP contribution >= 0.6 is 0 Å². The van der Waals surface area contributed by atoms with Crippen molar-refractivity contribution in [2.45, 2.75) is 26.4 Å². The second kappa shape index (κ2) is 7.61. The van der Waals surface area contributed by atoms with E-state index in [1.807, 2.05) is 36.9 Å². The van der Waals surface area contributed by atoms with E-state index in [1.165, 1.54) is 5.56 Å². The Kier molecular flexibility index (Phi) is 5.80. The zero-order valence-electron chi connectivity index (χ0n) is 13.8. The van der Waals surface area contributed by atoms with Crippen LogP contribution in [0.5, 0.6) is 5.75 Å². The lowest BCUT2D eigenvalue weighted by Gasteiger charge is -2.36. The summed E-state index contributed by atoms with van der Waals surface area (Å²) in [6.45, 7) is 7.96. The van der Waals surface area contributed by atoms with Crippen molar-refractivity contribution in [1.29, 1.82) is 0 Å². The highest BCUT2D eigenvalue weighted by atomic mass is 16.5. The van der Waals surface area contributed by atoms with Crippen molar-refractivity contribution >= 4 is 5.91 Å². The minimum absolute atomic E-state index is 0.0980. The number of para-hydroxylation sites is 1. The standard InChI is InChI=1S/C17H27N3O2/c1-13(14(2)18)17(21)20-10-8-19(9-11-20)12-15-6-4-5-7-16(15)22-3/h4-7,13-14H,8-12,18H2,1-3H3. The summed E-state index contributed by atoms with van der Waals surface area (Å²) in [5, 5.41) is 0. The van der Waals surface area contributed by atoms with Gasteiger partial charge in [-0.1, -0.05) is 25.1 Å². The number of nitrogens with two attached hydrogens (primary N) is 1. The van der Waals surface area contributed by atoms with Gasteiger partial charge in [0.2, 0.25) is 5.91 Å². The molecule has 5 heteroatoms. The number of rotatable bonds is 5. The quantitative estimate of drug-likeness (QED) is 0.891. The molecule has 1 fully saturated rings. The van der Waals surface area contributed by atoms with Crippen LogP contribution in [0.2, 0.25) is 0 Å². The minimum Gasteiger partial charge on any atom is -0.496 e. The Morgan fingerprint density at radius 1 is 1.23 bits per heavy atom. The highest BCUT2D eigenvalue weighted by Crippen LogP contribution is 2.20. The van der Waals surface area contributed by atoms with Crippen LogP contribution in [0.15, 0.2) is 24.3 Å². The maximum atomic E-state index is 12.3. The molecule has 0 radical (unpaired) electrons. The van der Waals surface area contributed by atoms with Gasteiger partial charge in [-0.05, 0) is 13.0 Å². The number of carbonyl (C=O) groups excluding carboxylic acids is 1. The van der Waals surface area contributed by atoms with E-state index in [2.05, 4.69) is 11.0 Å².